The number of hydrogen-bond donors (Lipinski definition) is 2. The van der Waals surface area contributed by atoms with Gasteiger partial charge in [-0.3, -0.25) is 9.59 Å². The summed E-state index contributed by atoms with van der Waals surface area (Å²) >= 11 is 0. The van der Waals surface area contributed by atoms with Crippen LogP contribution in [0.2, 0.25) is 0 Å². The van der Waals surface area contributed by atoms with Crippen molar-refractivity contribution in [2.24, 2.45) is 11.8 Å². The highest BCUT2D eigenvalue weighted by atomic mass is 32.5. The molecule has 0 aromatic heterocycles. The molecule has 1 aromatic rings. The monoisotopic (exact) mass is 572 g/mol. The van der Waals surface area contributed by atoms with Gasteiger partial charge in [-0.1, -0.05) is 31.6 Å². The van der Waals surface area contributed by atoms with E-state index in [0.717, 1.165) is 18.3 Å². The molecular weight excluding hydrogens is 541 g/mol. The quantitative estimate of drug-likeness (QED) is 0.213. The van der Waals surface area contributed by atoms with E-state index in [1.165, 1.54) is 6.08 Å². The maximum Gasteiger partial charge on any atom is 0.310 e. The zero-order valence-corrected chi connectivity index (χ0v) is 21.9. The lowest BCUT2D eigenvalue weighted by Crippen LogP contribution is -2.34. The van der Waals surface area contributed by atoms with E-state index in [9.17, 15) is 37.8 Å². The number of dihydropyridines is 1. The summed E-state index contributed by atoms with van der Waals surface area (Å²) in [7, 11) is -9.82. The van der Waals surface area contributed by atoms with Crippen LogP contribution in [-0.4, -0.2) is 30.2 Å². The number of halogens is 7. The fourth-order valence-electron chi connectivity index (χ4n) is 4.37. The van der Waals surface area contributed by atoms with Crippen LogP contribution >= 0.6 is 10.2 Å². The first-order valence-electron chi connectivity index (χ1n) is 12.0. The Morgan fingerprint density at radius 1 is 1.03 bits per heavy atom. The number of carbonyl (C=O) groups is 2. The Morgan fingerprint density at radius 3 is 2.18 bits per heavy atom. The van der Waals surface area contributed by atoms with Crippen molar-refractivity contribution in [3.63, 3.8) is 0 Å². The smallest absolute Gasteiger partial charge is 0.310 e. The first-order chi connectivity index (χ1) is 17.2. The van der Waals surface area contributed by atoms with E-state index in [1.807, 2.05) is 0 Å². The lowest BCUT2D eigenvalue weighted by atomic mass is 9.97. The van der Waals surface area contributed by atoms with Crippen LogP contribution in [0.1, 0.15) is 58.1 Å². The zero-order valence-electron chi connectivity index (χ0n) is 21.1. The van der Waals surface area contributed by atoms with Gasteiger partial charge < -0.3 is 15.4 Å². The van der Waals surface area contributed by atoms with E-state index in [-0.39, 0.29) is 55.5 Å². The molecule has 2 N–H and O–H groups in total. The molecule has 0 bridgehead atoms. The highest BCUT2D eigenvalue weighted by Crippen LogP contribution is 3.02. The fourth-order valence-corrected chi connectivity index (χ4v) is 5.02. The molecule has 5 nitrogen and oxygen atoms in total. The summed E-state index contributed by atoms with van der Waals surface area (Å²) in [6, 6.07) is 1.43. The number of esters is 1. The van der Waals surface area contributed by atoms with Gasteiger partial charge in [0.25, 0.3) is 0 Å². The molecule has 0 radical (unpaired) electrons. The van der Waals surface area contributed by atoms with Gasteiger partial charge in [0.2, 0.25) is 5.91 Å². The van der Waals surface area contributed by atoms with Crippen molar-refractivity contribution >= 4 is 22.1 Å². The van der Waals surface area contributed by atoms with Crippen LogP contribution in [0, 0.1) is 11.8 Å². The standard InChI is InChI=1S/C25H31F7N2O3S/c1-25(2,3)37-24(36)17-5-4-16(10-19(26)11-17)23(35)34-13-18-12-22(33-14-21(18)27)15-6-8-20(9-7-15)38(28,29,30,31)32/h6-9,12,14,16-17,19,22,33H,4-5,10-11,13H2,1-3H3,(H,34,35)/t16?,17?,19-,22?/m1/s1. The molecule has 214 valence electrons. The molecule has 1 amide bonds. The molecule has 2 aliphatic rings. The fraction of sp³-hybridized carbons (Fsp3) is 0.520. The van der Waals surface area contributed by atoms with Gasteiger partial charge in [0.1, 0.15) is 22.5 Å². The minimum Gasteiger partial charge on any atom is -0.460 e. The van der Waals surface area contributed by atoms with Crippen molar-refractivity contribution < 1.29 is 42.5 Å². The molecule has 1 aliphatic heterocycles. The van der Waals surface area contributed by atoms with Crippen LogP contribution in [-0.2, 0) is 14.3 Å². The largest absolute Gasteiger partial charge is 0.460 e. The number of benzene rings is 1. The molecule has 13 heteroatoms. The third-order valence-corrected chi connectivity index (χ3v) is 7.42. The summed E-state index contributed by atoms with van der Waals surface area (Å²) in [5, 5.41) is 5.16. The average Bonchev–Trinajstić information content (AvgIpc) is 2.97. The van der Waals surface area contributed by atoms with Gasteiger partial charge in [0.15, 0.2) is 0 Å². The van der Waals surface area contributed by atoms with Crippen LogP contribution in [0.3, 0.4) is 0 Å². The summed E-state index contributed by atoms with van der Waals surface area (Å²) in [6.07, 6.45) is 1.19. The van der Waals surface area contributed by atoms with E-state index in [0.29, 0.717) is 0 Å². The van der Waals surface area contributed by atoms with E-state index in [4.69, 9.17) is 4.74 Å². The van der Waals surface area contributed by atoms with Crippen LogP contribution in [0.5, 0.6) is 0 Å². The number of amides is 1. The summed E-state index contributed by atoms with van der Waals surface area (Å²) in [6.45, 7) is 4.83. The summed E-state index contributed by atoms with van der Waals surface area (Å²) in [5.41, 5.74) is -0.548. The molecule has 1 aromatic carbocycles. The summed E-state index contributed by atoms with van der Waals surface area (Å²) in [4.78, 5) is 23.1. The molecular formula is C25H31F7N2O3S. The Bertz CT molecular complexity index is 1130. The van der Waals surface area contributed by atoms with Crippen molar-refractivity contribution in [2.45, 2.75) is 69.2 Å². The highest BCUT2D eigenvalue weighted by Gasteiger charge is 2.65. The number of nitrogens with one attached hydrogen (secondary N) is 2. The van der Waals surface area contributed by atoms with Crippen LogP contribution in [0.15, 0.2) is 52.8 Å². The van der Waals surface area contributed by atoms with Crippen molar-refractivity contribution in [3.8, 4) is 0 Å². The van der Waals surface area contributed by atoms with Crippen molar-refractivity contribution in [1.29, 1.82) is 0 Å². The van der Waals surface area contributed by atoms with Crippen molar-refractivity contribution in [1.82, 2.24) is 10.6 Å². The molecule has 0 spiro atoms. The normalized spacial score (nSPS) is 26.5. The maximum absolute atomic E-state index is 14.6. The van der Waals surface area contributed by atoms with Gasteiger partial charge >= 0.3 is 16.2 Å². The van der Waals surface area contributed by atoms with Gasteiger partial charge in [0, 0.05) is 24.2 Å². The first kappa shape index (κ1) is 29.9. The number of carbonyl (C=O) groups excluding carboxylic acids is 2. The van der Waals surface area contributed by atoms with Gasteiger partial charge in [-0.05, 0) is 70.2 Å². The zero-order chi connectivity index (χ0) is 28.6. The predicted octanol–water partition coefficient (Wildman–Crippen LogP) is 7.33. The Kier molecular flexibility index (Phi) is 7.70. The molecule has 1 saturated carbocycles. The van der Waals surface area contributed by atoms with Crippen molar-refractivity contribution in [3.05, 3.63) is 53.5 Å². The van der Waals surface area contributed by atoms with Gasteiger partial charge in [-0.25, -0.2) is 8.78 Å². The Balaban J connectivity index is 1.63. The third kappa shape index (κ3) is 8.15. The number of alkyl halides is 1. The second-order valence-corrected chi connectivity index (χ2v) is 13.1. The van der Waals surface area contributed by atoms with Crippen molar-refractivity contribution in [2.75, 3.05) is 6.54 Å². The lowest BCUT2D eigenvalue weighted by Gasteiger charge is -2.40. The van der Waals surface area contributed by atoms with Gasteiger partial charge in [-0.2, -0.15) is 0 Å². The predicted molar refractivity (Wildman–Crippen MR) is 130 cm³/mol. The SMILES string of the molecule is CC(C)(C)OC(=O)C1CCC(C(=O)NCC2=CC(c3ccc(S(F)(F)(F)(F)F)cc3)NC=C2F)C[C@@H](F)C1. The Hall–Kier alpha value is -2.70. The van der Waals surface area contributed by atoms with E-state index >= 15 is 0 Å². The Morgan fingerprint density at radius 2 is 1.61 bits per heavy atom. The molecule has 1 aliphatic carbocycles. The summed E-state index contributed by atoms with van der Waals surface area (Å²) in [5.74, 6) is -3.21. The van der Waals surface area contributed by atoms with E-state index in [1.54, 1.807) is 20.8 Å². The van der Waals surface area contributed by atoms with Gasteiger partial charge in [0.05, 0.1) is 12.0 Å². The number of hydrogen-bond acceptors (Lipinski definition) is 4. The molecule has 1 fully saturated rings. The minimum absolute atomic E-state index is 0.0101. The second-order valence-electron chi connectivity index (χ2n) is 10.7. The average molecular weight is 573 g/mol. The molecule has 0 saturated heterocycles. The number of ether oxygens (including phenoxy) is 1. The minimum atomic E-state index is -9.82. The Labute approximate surface area is 216 Å². The molecule has 38 heavy (non-hydrogen) atoms. The maximum atomic E-state index is 14.6. The lowest BCUT2D eigenvalue weighted by molar-refractivity contribution is -0.161. The molecule has 3 rings (SSSR count). The highest BCUT2D eigenvalue weighted by molar-refractivity contribution is 8.45. The summed E-state index contributed by atoms with van der Waals surface area (Å²) < 4.78 is 99.1. The van der Waals surface area contributed by atoms with E-state index < -0.39 is 62.5 Å². The second kappa shape index (κ2) is 9.80. The molecule has 3 unspecified atom stereocenters. The van der Waals surface area contributed by atoms with Crippen LogP contribution in [0.25, 0.3) is 0 Å². The molecule has 4 atom stereocenters. The van der Waals surface area contributed by atoms with E-state index in [2.05, 4.69) is 10.6 Å². The van der Waals surface area contributed by atoms with Crippen LogP contribution < -0.4 is 10.6 Å². The molecule has 1 heterocycles. The van der Waals surface area contributed by atoms with Crippen LogP contribution in [0.4, 0.5) is 28.2 Å². The topological polar surface area (TPSA) is 67.4 Å². The third-order valence-electron chi connectivity index (χ3n) is 6.26. The van der Waals surface area contributed by atoms with Gasteiger partial charge in [-0.15, -0.1) is 0 Å². The first-order valence-corrected chi connectivity index (χ1v) is 14.0. The number of rotatable bonds is 6.